The molecule has 0 saturated carbocycles. The van der Waals surface area contributed by atoms with Crippen molar-refractivity contribution in [3.8, 4) is 5.69 Å². The standard InChI is InChI=1S/C20H21N5O2S/c1-13(19(27)22-16-8-5-4-6-9-16)28-20-24-23-14(2)25(20)18-11-7-10-17(12-18)21-15(3)26/h4-13H,1-3H3,(H,21,26)(H,22,27)/t13-/m0/s1. The number of amides is 2. The van der Waals surface area contributed by atoms with Gasteiger partial charge in [0.05, 0.1) is 10.9 Å². The zero-order valence-corrected chi connectivity index (χ0v) is 16.7. The molecule has 0 aliphatic rings. The number of para-hydroxylation sites is 1. The second kappa shape index (κ2) is 8.71. The van der Waals surface area contributed by atoms with E-state index in [4.69, 9.17) is 0 Å². The van der Waals surface area contributed by atoms with Crippen molar-refractivity contribution in [2.45, 2.75) is 31.2 Å². The summed E-state index contributed by atoms with van der Waals surface area (Å²) in [5.74, 6) is 0.437. The van der Waals surface area contributed by atoms with Crippen LogP contribution in [0.5, 0.6) is 0 Å². The van der Waals surface area contributed by atoms with Gasteiger partial charge in [0.15, 0.2) is 5.16 Å². The maximum atomic E-state index is 12.5. The summed E-state index contributed by atoms with van der Waals surface area (Å²) in [7, 11) is 0. The lowest BCUT2D eigenvalue weighted by molar-refractivity contribution is -0.115. The molecular weight excluding hydrogens is 374 g/mol. The summed E-state index contributed by atoms with van der Waals surface area (Å²) in [6.07, 6.45) is 0. The number of hydrogen-bond acceptors (Lipinski definition) is 5. The number of carbonyl (C=O) groups excluding carboxylic acids is 2. The number of rotatable bonds is 6. The Kier molecular flexibility index (Phi) is 6.10. The third kappa shape index (κ3) is 4.77. The van der Waals surface area contributed by atoms with Crippen LogP contribution < -0.4 is 10.6 Å². The van der Waals surface area contributed by atoms with Gasteiger partial charge in [-0.3, -0.25) is 14.2 Å². The number of benzene rings is 2. The van der Waals surface area contributed by atoms with Crippen LogP contribution in [0.15, 0.2) is 59.8 Å². The molecule has 0 aliphatic heterocycles. The lowest BCUT2D eigenvalue weighted by atomic mass is 10.2. The van der Waals surface area contributed by atoms with Gasteiger partial charge in [-0.05, 0) is 44.2 Å². The van der Waals surface area contributed by atoms with Crippen LogP contribution in [0.3, 0.4) is 0 Å². The van der Waals surface area contributed by atoms with Crippen LogP contribution >= 0.6 is 11.8 Å². The third-order valence-electron chi connectivity index (χ3n) is 3.91. The average molecular weight is 395 g/mol. The molecule has 28 heavy (non-hydrogen) atoms. The second-order valence-corrected chi connectivity index (χ2v) is 7.52. The van der Waals surface area contributed by atoms with Crippen molar-refractivity contribution in [3.05, 3.63) is 60.4 Å². The van der Waals surface area contributed by atoms with E-state index in [1.807, 2.05) is 73.0 Å². The number of thioether (sulfide) groups is 1. The number of aryl methyl sites for hydroxylation is 1. The molecule has 0 bridgehead atoms. The minimum Gasteiger partial charge on any atom is -0.326 e. The first kappa shape index (κ1) is 19.6. The first-order valence-corrected chi connectivity index (χ1v) is 9.64. The third-order valence-corrected chi connectivity index (χ3v) is 4.96. The van der Waals surface area contributed by atoms with E-state index in [1.54, 1.807) is 0 Å². The maximum absolute atomic E-state index is 12.5. The van der Waals surface area contributed by atoms with Gasteiger partial charge in [-0.1, -0.05) is 36.0 Å². The van der Waals surface area contributed by atoms with E-state index in [9.17, 15) is 9.59 Å². The first-order chi connectivity index (χ1) is 13.4. The van der Waals surface area contributed by atoms with E-state index in [0.29, 0.717) is 16.7 Å². The van der Waals surface area contributed by atoms with Crippen molar-refractivity contribution in [1.82, 2.24) is 14.8 Å². The van der Waals surface area contributed by atoms with E-state index in [0.717, 1.165) is 11.4 Å². The molecule has 1 aromatic heterocycles. The summed E-state index contributed by atoms with van der Waals surface area (Å²) in [6, 6.07) is 16.7. The predicted octanol–water partition coefficient (Wildman–Crippen LogP) is 3.65. The Labute approximate surface area is 167 Å². The fraction of sp³-hybridized carbons (Fsp3) is 0.200. The zero-order valence-electron chi connectivity index (χ0n) is 15.8. The second-order valence-electron chi connectivity index (χ2n) is 6.21. The molecular formula is C20H21N5O2S. The molecule has 2 N–H and O–H groups in total. The normalized spacial score (nSPS) is 11.7. The van der Waals surface area contributed by atoms with Crippen LogP contribution in [0.1, 0.15) is 19.7 Å². The van der Waals surface area contributed by atoms with Crippen molar-refractivity contribution in [1.29, 1.82) is 0 Å². The number of aromatic nitrogens is 3. The van der Waals surface area contributed by atoms with E-state index in [1.165, 1.54) is 18.7 Å². The van der Waals surface area contributed by atoms with Crippen molar-refractivity contribution < 1.29 is 9.59 Å². The quantitative estimate of drug-likeness (QED) is 0.622. The number of carbonyl (C=O) groups is 2. The van der Waals surface area contributed by atoms with E-state index < -0.39 is 0 Å². The Morgan fingerprint density at radius 2 is 1.71 bits per heavy atom. The van der Waals surface area contributed by atoms with Gasteiger partial charge in [0.1, 0.15) is 5.82 Å². The summed E-state index contributed by atoms with van der Waals surface area (Å²) in [5.41, 5.74) is 2.25. The molecule has 0 aliphatic carbocycles. The Hall–Kier alpha value is -3.13. The molecule has 2 aromatic carbocycles. The van der Waals surface area contributed by atoms with Gasteiger partial charge in [0.2, 0.25) is 11.8 Å². The van der Waals surface area contributed by atoms with Gasteiger partial charge in [-0.25, -0.2) is 0 Å². The monoisotopic (exact) mass is 395 g/mol. The van der Waals surface area contributed by atoms with Crippen molar-refractivity contribution in [3.63, 3.8) is 0 Å². The summed E-state index contributed by atoms with van der Waals surface area (Å²) >= 11 is 1.32. The van der Waals surface area contributed by atoms with Gasteiger partial charge in [0.25, 0.3) is 0 Å². The Balaban J connectivity index is 1.79. The van der Waals surface area contributed by atoms with E-state index in [2.05, 4.69) is 20.8 Å². The highest BCUT2D eigenvalue weighted by molar-refractivity contribution is 8.00. The van der Waals surface area contributed by atoms with E-state index in [-0.39, 0.29) is 17.1 Å². The fourth-order valence-electron chi connectivity index (χ4n) is 2.62. The van der Waals surface area contributed by atoms with Gasteiger partial charge >= 0.3 is 0 Å². The topological polar surface area (TPSA) is 88.9 Å². The highest BCUT2D eigenvalue weighted by Crippen LogP contribution is 2.27. The van der Waals surface area contributed by atoms with Crippen LogP contribution in [-0.4, -0.2) is 31.8 Å². The minimum atomic E-state index is -0.374. The molecule has 1 heterocycles. The molecule has 0 unspecified atom stereocenters. The molecule has 8 heteroatoms. The number of nitrogens with zero attached hydrogens (tertiary/aromatic N) is 3. The molecule has 0 spiro atoms. The first-order valence-electron chi connectivity index (χ1n) is 8.76. The molecule has 0 fully saturated rings. The van der Waals surface area contributed by atoms with E-state index >= 15 is 0 Å². The van der Waals surface area contributed by atoms with Crippen LogP contribution in [0.2, 0.25) is 0 Å². The highest BCUT2D eigenvalue weighted by atomic mass is 32.2. The molecule has 0 radical (unpaired) electrons. The number of nitrogens with one attached hydrogen (secondary N) is 2. The maximum Gasteiger partial charge on any atom is 0.237 e. The molecule has 3 aromatic rings. The Bertz CT molecular complexity index is 987. The molecule has 3 rings (SSSR count). The largest absolute Gasteiger partial charge is 0.326 e. The van der Waals surface area contributed by atoms with Crippen LogP contribution in [0.4, 0.5) is 11.4 Å². The molecule has 0 saturated heterocycles. The minimum absolute atomic E-state index is 0.115. The fourth-order valence-corrected chi connectivity index (χ4v) is 3.53. The molecule has 1 atom stereocenters. The number of hydrogen-bond donors (Lipinski definition) is 2. The average Bonchev–Trinajstić information content (AvgIpc) is 3.02. The van der Waals surface area contributed by atoms with Gasteiger partial charge in [-0.15, -0.1) is 10.2 Å². The molecule has 144 valence electrons. The summed E-state index contributed by atoms with van der Waals surface area (Å²) in [6.45, 7) is 5.13. The zero-order chi connectivity index (χ0) is 20.1. The summed E-state index contributed by atoms with van der Waals surface area (Å²) < 4.78 is 1.86. The smallest absolute Gasteiger partial charge is 0.237 e. The molecule has 2 amide bonds. The Morgan fingerprint density at radius 3 is 2.43 bits per heavy atom. The highest BCUT2D eigenvalue weighted by Gasteiger charge is 2.20. The summed E-state index contributed by atoms with van der Waals surface area (Å²) in [4.78, 5) is 23.8. The lowest BCUT2D eigenvalue weighted by Crippen LogP contribution is -2.22. The lowest BCUT2D eigenvalue weighted by Gasteiger charge is -2.14. The van der Waals surface area contributed by atoms with Crippen LogP contribution in [-0.2, 0) is 9.59 Å². The predicted molar refractivity (Wildman–Crippen MR) is 111 cm³/mol. The van der Waals surface area contributed by atoms with Crippen molar-refractivity contribution >= 4 is 35.0 Å². The molecule has 7 nitrogen and oxygen atoms in total. The van der Waals surface area contributed by atoms with Gasteiger partial charge in [-0.2, -0.15) is 0 Å². The van der Waals surface area contributed by atoms with Gasteiger partial charge in [0, 0.05) is 18.3 Å². The van der Waals surface area contributed by atoms with Crippen LogP contribution in [0.25, 0.3) is 5.69 Å². The Morgan fingerprint density at radius 1 is 1.00 bits per heavy atom. The van der Waals surface area contributed by atoms with Crippen molar-refractivity contribution in [2.75, 3.05) is 10.6 Å². The van der Waals surface area contributed by atoms with Crippen molar-refractivity contribution in [2.24, 2.45) is 0 Å². The number of anilines is 2. The SMILES string of the molecule is CC(=O)Nc1cccc(-n2c(C)nnc2S[C@@H](C)C(=O)Nc2ccccc2)c1. The summed E-state index contributed by atoms with van der Waals surface area (Å²) in [5, 5.41) is 14.3. The van der Waals surface area contributed by atoms with Gasteiger partial charge < -0.3 is 10.6 Å². The van der Waals surface area contributed by atoms with Crippen LogP contribution in [0, 0.1) is 6.92 Å².